The third-order valence-corrected chi connectivity index (χ3v) is 3.42. The van der Waals surface area contributed by atoms with Crippen molar-refractivity contribution in [3.05, 3.63) is 35.4 Å². The zero-order valence-electron chi connectivity index (χ0n) is 10.1. The second-order valence-corrected chi connectivity index (χ2v) is 4.68. The number of hydrogen-bond acceptors (Lipinski definition) is 3. The van der Waals surface area contributed by atoms with Gasteiger partial charge >= 0.3 is 0 Å². The number of nitrogens with zero attached hydrogens (tertiary/aromatic N) is 1. The lowest BCUT2D eigenvalue weighted by molar-refractivity contribution is 0.0856. The van der Waals surface area contributed by atoms with Crippen molar-refractivity contribution in [2.45, 2.75) is 12.8 Å². The van der Waals surface area contributed by atoms with E-state index in [2.05, 4.69) is 11.9 Å². The summed E-state index contributed by atoms with van der Waals surface area (Å²) in [6, 6.07) is 6.92. The van der Waals surface area contributed by atoms with Crippen LogP contribution in [0, 0.1) is 5.92 Å². The number of hydrogen-bond donors (Lipinski definition) is 0. The maximum absolute atomic E-state index is 12.2. The highest BCUT2D eigenvalue weighted by Gasteiger charge is 2.24. The fourth-order valence-corrected chi connectivity index (χ4v) is 2.23. The van der Waals surface area contributed by atoms with Crippen molar-refractivity contribution >= 4 is 12.1 Å². The smallest absolute Gasteiger partial charge is 0.166 e. The lowest BCUT2D eigenvalue weighted by Crippen LogP contribution is -2.33. The highest BCUT2D eigenvalue weighted by atomic mass is 16.1. The fourth-order valence-electron chi connectivity index (χ4n) is 2.23. The summed E-state index contributed by atoms with van der Waals surface area (Å²) in [5, 5.41) is 0. The van der Waals surface area contributed by atoms with Crippen LogP contribution in [0.1, 0.15) is 33.6 Å². The first kappa shape index (κ1) is 12.0. The Kier molecular flexibility index (Phi) is 3.69. The van der Waals surface area contributed by atoms with Gasteiger partial charge in [-0.1, -0.05) is 24.3 Å². The molecule has 0 spiro atoms. The van der Waals surface area contributed by atoms with E-state index in [0.29, 0.717) is 5.56 Å². The van der Waals surface area contributed by atoms with Gasteiger partial charge in [0.1, 0.15) is 6.29 Å². The van der Waals surface area contributed by atoms with E-state index in [9.17, 15) is 9.59 Å². The Labute approximate surface area is 101 Å². The Morgan fingerprint density at radius 1 is 1.24 bits per heavy atom. The molecule has 0 bridgehead atoms. The zero-order chi connectivity index (χ0) is 12.3. The first-order chi connectivity index (χ1) is 8.20. The number of carbonyl (C=O) groups excluding carboxylic acids is 2. The molecule has 0 unspecified atom stereocenters. The highest BCUT2D eigenvalue weighted by Crippen LogP contribution is 2.21. The van der Waals surface area contributed by atoms with E-state index in [4.69, 9.17) is 0 Å². The van der Waals surface area contributed by atoms with Gasteiger partial charge in [0.2, 0.25) is 0 Å². The molecule has 3 nitrogen and oxygen atoms in total. The largest absolute Gasteiger partial charge is 0.306 e. The predicted octanol–water partition coefficient (Wildman–Crippen LogP) is 2.02. The number of ketones is 1. The number of rotatable bonds is 3. The Bertz CT molecular complexity index is 403. The molecule has 1 aliphatic heterocycles. The van der Waals surface area contributed by atoms with Crippen LogP contribution in [0.25, 0.3) is 0 Å². The summed E-state index contributed by atoms with van der Waals surface area (Å²) in [6.07, 6.45) is 2.67. The molecule has 0 radical (unpaired) electrons. The maximum atomic E-state index is 12.2. The molecule has 1 aliphatic rings. The summed E-state index contributed by atoms with van der Waals surface area (Å²) >= 11 is 0. The lowest BCUT2D eigenvalue weighted by Gasteiger charge is -2.27. The van der Waals surface area contributed by atoms with Crippen molar-refractivity contribution in [1.82, 2.24) is 4.90 Å². The predicted molar refractivity (Wildman–Crippen MR) is 66.4 cm³/mol. The van der Waals surface area contributed by atoms with Crippen LogP contribution in [-0.4, -0.2) is 37.1 Å². The molecule has 0 amide bonds. The summed E-state index contributed by atoms with van der Waals surface area (Å²) in [4.78, 5) is 25.0. The molecule has 1 heterocycles. The van der Waals surface area contributed by atoms with Crippen molar-refractivity contribution in [1.29, 1.82) is 0 Å². The SMILES string of the molecule is CN1CCC(C(=O)c2ccc(C=O)cc2)CC1. The monoisotopic (exact) mass is 231 g/mol. The first-order valence-electron chi connectivity index (χ1n) is 5.98. The highest BCUT2D eigenvalue weighted by molar-refractivity contribution is 5.98. The molecule has 1 saturated heterocycles. The van der Waals surface area contributed by atoms with Crippen LogP contribution in [0.2, 0.25) is 0 Å². The summed E-state index contributed by atoms with van der Waals surface area (Å²) < 4.78 is 0. The molecule has 0 saturated carbocycles. The molecule has 0 aliphatic carbocycles. The molecule has 0 atom stereocenters. The number of benzene rings is 1. The van der Waals surface area contributed by atoms with Crippen LogP contribution < -0.4 is 0 Å². The van der Waals surface area contributed by atoms with Crippen LogP contribution in [0.3, 0.4) is 0 Å². The third kappa shape index (κ3) is 2.80. The molecule has 90 valence electrons. The molecule has 2 rings (SSSR count). The summed E-state index contributed by atoms with van der Waals surface area (Å²) in [5.41, 5.74) is 1.34. The van der Waals surface area contributed by atoms with E-state index in [1.165, 1.54) is 0 Å². The van der Waals surface area contributed by atoms with Gasteiger partial charge in [-0.05, 0) is 33.0 Å². The van der Waals surface area contributed by atoms with Crippen LogP contribution in [-0.2, 0) is 0 Å². The van der Waals surface area contributed by atoms with Gasteiger partial charge in [-0.15, -0.1) is 0 Å². The van der Waals surface area contributed by atoms with Crippen LogP contribution in [0.15, 0.2) is 24.3 Å². The summed E-state index contributed by atoms with van der Waals surface area (Å²) in [7, 11) is 2.08. The Morgan fingerprint density at radius 2 is 1.82 bits per heavy atom. The van der Waals surface area contributed by atoms with E-state index in [-0.39, 0.29) is 11.7 Å². The Morgan fingerprint density at radius 3 is 2.35 bits per heavy atom. The third-order valence-electron chi connectivity index (χ3n) is 3.42. The number of piperidine rings is 1. The molecule has 17 heavy (non-hydrogen) atoms. The number of Topliss-reactive ketones (excluding diaryl/α,β-unsaturated/α-hetero) is 1. The number of carbonyl (C=O) groups is 2. The van der Waals surface area contributed by atoms with Crippen molar-refractivity contribution in [2.24, 2.45) is 5.92 Å². The van der Waals surface area contributed by atoms with Gasteiger partial charge in [-0.3, -0.25) is 9.59 Å². The van der Waals surface area contributed by atoms with E-state index in [1.807, 2.05) is 0 Å². The molecule has 1 aromatic rings. The molecular weight excluding hydrogens is 214 g/mol. The normalized spacial score (nSPS) is 17.9. The van der Waals surface area contributed by atoms with Crippen molar-refractivity contribution in [3.8, 4) is 0 Å². The Balaban J connectivity index is 2.06. The number of aldehydes is 1. The Hall–Kier alpha value is -1.48. The lowest BCUT2D eigenvalue weighted by atomic mass is 9.89. The van der Waals surface area contributed by atoms with Gasteiger partial charge in [0.25, 0.3) is 0 Å². The first-order valence-corrected chi connectivity index (χ1v) is 5.98. The minimum Gasteiger partial charge on any atom is -0.306 e. The standard InChI is InChI=1S/C14H17NO2/c1-15-8-6-13(7-9-15)14(17)12-4-2-11(10-16)3-5-12/h2-5,10,13H,6-9H2,1H3. The molecule has 1 fully saturated rings. The quantitative estimate of drug-likeness (QED) is 0.590. The van der Waals surface area contributed by atoms with E-state index in [0.717, 1.165) is 37.8 Å². The average Bonchev–Trinajstić information content (AvgIpc) is 2.39. The zero-order valence-corrected chi connectivity index (χ0v) is 10.1. The fraction of sp³-hybridized carbons (Fsp3) is 0.429. The van der Waals surface area contributed by atoms with Crippen LogP contribution in [0.5, 0.6) is 0 Å². The van der Waals surface area contributed by atoms with Crippen LogP contribution >= 0.6 is 0 Å². The van der Waals surface area contributed by atoms with Crippen molar-refractivity contribution in [2.75, 3.05) is 20.1 Å². The van der Waals surface area contributed by atoms with E-state index < -0.39 is 0 Å². The molecule has 3 heteroatoms. The van der Waals surface area contributed by atoms with Gasteiger partial charge in [0.05, 0.1) is 0 Å². The minimum atomic E-state index is 0.147. The topological polar surface area (TPSA) is 37.4 Å². The van der Waals surface area contributed by atoms with E-state index in [1.54, 1.807) is 24.3 Å². The van der Waals surface area contributed by atoms with Gasteiger partial charge in [-0.2, -0.15) is 0 Å². The van der Waals surface area contributed by atoms with Crippen molar-refractivity contribution < 1.29 is 9.59 Å². The van der Waals surface area contributed by atoms with Gasteiger partial charge in [0, 0.05) is 17.0 Å². The van der Waals surface area contributed by atoms with Gasteiger partial charge < -0.3 is 4.90 Å². The van der Waals surface area contributed by atoms with E-state index >= 15 is 0 Å². The summed E-state index contributed by atoms with van der Waals surface area (Å²) in [5.74, 6) is 0.365. The molecule has 0 N–H and O–H groups in total. The average molecular weight is 231 g/mol. The van der Waals surface area contributed by atoms with Gasteiger partial charge in [0.15, 0.2) is 5.78 Å². The second kappa shape index (κ2) is 5.23. The van der Waals surface area contributed by atoms with Gasteiger partial charge in [-0.25, -0.2) is 0 Å². The molecular formula is C14H17NO2. The van der Waals surface area contributed by atoms with Crippen molar-refractivity contribution in [3.63, 3.8) is 0 Å². The maximum Gasteiger partial charge on any atom is 0.166 e. The second-order valence-electron chi connectivity index (χ2n) is 4.68. The minimum absolute atomic E-state index is 0.147. The van der Waals surface area contributed by atoms with Crippen LogP contribution in [0.4, 0.5) is 0 Å². The summed E-state index contributed by atoms with van der Waals surface area (Å²) in [6.45, 7) is 1.98. The molecule has 0 aromatic heterocycles. The number of likely N-dealkylation sites (tertiary alicyclic amines) is 1. The molecule has 1 aromatic carbocycles.